The van der Waals surface area contributed by atoms with Crippen molar-refractivity contribution < 1.29 is 4.79 Å². The zero-order valence-corrected chi connectivity index (χ0v) is 16.2. The molecule has 3 rings (SSSR count). The molecular formula is C19H19ClN2OS2. The highest BCUT2D eigenvalue weighted by molar-refractivity contribution is 7.16. The fourth-order valence-electron chi connectivity index (χ4n) is 2.63. The molecule has 0 fully saturated rings. The normalized spacial score (nSPS) is 12.3. The van der Waals surface area contributed by atoms with E-state index in [1.807, 2.05) is 65.9 Å². The molecule has 0 spiro atoms. The highest BCUT2D eigenvalue weighted by Crippen LogP contribution is 2.26. The van der Waals surface area contributed by atoms with E-state index in [4.69, 9.17) is 11.6 Å². The monoisotopic (exact) mass is 390 g/mol. The number of carbonyl (C=O) groups is 1. The number of amides is 1. The van der Waals surface area contributed by atoms with Crippen molar-refractivity contribution in [2.45, 2.75) is 12.6 Å². The SMILES string of the molecule is CN(CC(=O)N[C@H](c1ccccc1)c1cccs1)Cc1ccc(Cl)s1. The summed E-state index contributed by atoms with van der Waals surface area (Å²) in [6.07, 6.45) is 0. The maximum absolute atomic E-state index is 12.6. The molecule has 0 saturated heterocycles. The molecular weight excluding hydrogens is 372 g/mol. The van der Waals surface area contributed by atoms with E-state index >= 15 is 0 Å². The van der Waals surface area contributed by atoms with Gasteiger partial charge in [0.1, 0.15) is 0 Å². The summed E-state index contributed by atoms with van der Waals surface area (Å²) >= 11 is 9.16. The third-order valence-corrected chi connectivity index (χ3v) is 5.89. The maximum Gasteiger partial charge on any atom is 0.234 e. The molecule has 0 radical (unpaired) electrons. The van der Waals surface area contributed by atoms with E-state index in [1.165, 1.54) is 0 Å². The number of nitrogens with one attached hydrogen (secondary N) is 1. The van der Waals surface area contributed by atoms with Crippen LogP contribution in [0.3, 0.4) is 0 Å². The number of halogens is 1. The second-order valence-electron chi connectivity index (χ2n) is 5.80. The number of carbonyl (C=O) groups excluding carboxylic acids is 1. The molecule has 0 aliphatic carbocycles. The van der Waals surface area contributed by atoms with Crippen LogP contribution in [0.25, 0.3) is 0 Å². The summed E-state index contributed by atoms with van der Waals surface area (Å²) in [7, 11) is 1.94. The van der Waals surface area contributed by atoms with Crippen LogP contribution < -0.4 is 5.32 Å². The fraction of sp³-hybridized carbons (Fsp3) is 0.211. The Kier molecular flexibility index (Phi) is 6.26. The molecule has 0 aliphatic heterocycles. The summed E-state index contributed by atoms with van der Waals surface area (Å²) in [6, 6.07) is 17.9. The number of likely N-dealkylation sites (N-methyl/N-ethyl adjacent to an activating group) is 1. The largest absolute Gasteiger partial charge is 0.343 e. The topological polar surface area (TPSA) is 32.3 Å². The van der Waals surface area contributed by atoms with E-state index in [-0.39, 0.29) is 11.9 Å². The van der Waals surface area contributed by atoms with Gasteiger partial charge in [-0.15, -0.1) is 22.7 Å². The molecule has 1 atom stereocenters. The molecule has 1 aromatic carbocycles. The van der Waals surface area contributed by atoms with Crippen LogP contribution in [0.1, 0.15) is 21.4 Å². The summed E-state index contributed by atoms with van der Waals surface area (Å²) in [5.74, 6) is 0.00686. The molecule has 130 valence electrons. The van der Waals surface area contributed by atoms with Gasteiger partial charge in [-0.2, -0.15) is 0 Å². The third-order valence-electron chi connectivity index (χ3n) is 3.73. The second kappa shape index (κ2) is 8.63. The molecule has 0 saturated carbocycles. The van der Waals surface area contributed by atoms with E-state index in [2.05, 4.69) is 11.4 Å². The Balaban J connectivity index is 1.64. The van der Waals surface area contributed by atoms with Crippen LogP contribution in [0, 0.1) is 0 Å². The van der Waals surface area contributed by atoms with Crippen LogP contribution >= 0.6 is 34.3 Å². The molecule has 2 heterocycles. The van der Waals surface area contributed by atoms with Crippen molar-refractivity contribution in [1.82, 2.24) is 10.2 Å². The summed E-state index contributed by atoms with van der Waals surface area (Å²) in [5, 5.41) is 5.20. The van der Waals surface area contributed by atoms with Crippen molar-refractivity contribution in [3.05, 3.63) is 79.6 Å². The van der Waals surface area contributed by atoms with Crippen molar-refractivity contribution in [3.63, 3.8) is 0 Å². The fourth-order valence-corrected chi connectivity index (χ4v) is 4.60. The van der Waals surface area contributed by atoms with Gasteiger partial charge in [-0.05, 0) is 36.2 Å². The lowest BCUT2D eigenvalue weighted by molar-refractivity contribution is -0.122. The van der Waals surface area contributed by atoms with Crippen LogP contribution in [-0.2, 0) is 11.3 Å². The quantitative estimate of drug-likeness (QED) is 0.628. The Hall–Kier alpha value is -1.66. The van der Waals surface area contributed by atoms with Gasteiger partial charge in [0.05, 0.1) is 16.9 Å². The average Bonchev–Trinajstić information content (AvgIpc) is 3.25. The number of rotatable bonds is 7. The Morgan fingerprint density at radius 1 is 1.16 bits per heavy atom. The van der Waals surface area contributed by atoms with Gasteiger partial charge in [0, 0.05) is 16.3 Å². The molecule has 25 heavy (non-hydrogen) atoms. The minimum atomic E-state index is -0.113. The first-order valence-corrected chi connectivity index (χ1v) is 9.99. The van der Waals surface area contributed by atoms with Gasteiger partial charge in [0.15, 0.2) is 0 Å². The molecule has 3 aromatic rings. The minimum Gasteiger partial charge on any atom is -0.343 e. The summed E-state index contributed by atoms with van der Waals surface area (Å²) in [6.45, 7) is 1.05. The molecule has 0 bridgehead atoms. The molecule has 0 unspecified atom stereocenters. The van der Waals surface area contributed by atoms with Gasteiger partial charge < -0.3 is 5.32 Å². The number of hydrogen-bond acceptors (Lipinski definition) is 4. The second-order valence-corrected chi connectivity index (χ2v) is 8.58. The van der Waals surface area contributed by atoms with Crippen LogP contribution in [0.5, 0.6) is 0 Å². The van der Waals surface area contributed by atoms with Crippen molar-refractivity contribution >= 4 is 40.2 Å². The van der Waals surface area contributed by atoms with Crippen molar-refractivity contribution in [2.75, 3.05) is 13.6 Å². The first kappa shape index (κ1) is 18.1. The summed E-state index contributed by atoms with van der Waals surface area (Å²) < 4.78 is 0.773. The smallest absolute Gasteiger partial charge is 0.234 e. The Bertz CT molecular complexity index is 802. The molecule has 1 N–H and O–H groups in total. The highest BCUT2D eigenvalue weighted by atomic mass is 35.5. The third kappa shape index (κ3) is 5.16. The Labute approximate surface area is 160 Å². The summed E-state index contributed by atoms with van der Waals surface area (Å²) in [5.41, 5.74) is 1.09. The van der Waals surface area contributed by atoms with Crippen LogP contribution in [0.4, 0.5) is 0 Å². The molecule has 2 aromatic heterocycles. The lowest BCUT2D eigenvalue weighted by Crippen LogP contribution is -2.37. The maximum atomic E-state index is 12.6. The number of hydrogen-bond donors (Lipinski definition) is 1. The van der Waals surface area contributed by atoms with E-state index in [0.29, 0.717) is 13.1 Å². The van der Waals surface area contributed by atoms with Crippen LogP contribution in [0.2, 0.25) is 4.34 Å². The standard InChI is InChI=1S/C19H19ClN2OS2/c1-22(12-15-9-10-17(20)25-15)13-18(23)21-19(16-8-5-11-24-16)14-6-3-2-4-7-14/h2-11,19H,12-13H2,1H3,(H,21,23)/t19-/m1/s1. The number of thiophene rings is 2. The van der Waals surface area contributed by atoms with Crippen molar-refractivity contribution in [2.24, 2.45) is 0 Å². The molecule has 3 nitrogen and oxygen atoms in total. The van der Waals surface area contributed by atoms with Gasteiger partial charge in [-0.1, -0.05) is 48.0 Å². The molecule has 1 amide bonds. The van der Waals surface area contributed by atoms with Crippen LogP contribution in [-0.4, -0.2) is 24.4 Å². The van der Waals surface area contributed by atoms with Gasteiger partial charge in [0.2, 0.25) is 5.91 Å². The summed E-state index contributed by atoms with van der Waals surface area (Å²) in [4.78, 5) is 16.8. The van der Waals surface area contributed by atoms with Gasteiger partial charge in [-0.3, -0.25) is 9.69 Å². The molecule has 6 heteroatoms. The van der Waals surface area contributed by atoms with E-state index in [0.717, 1.165) is 19.7 Å². The molecule has 0 aliphatic rings. The number of nitrogens with zero attached hydrogens (tertiary/aromatic N) is 1. The zero-order chi connectivity index (χ0) is 17.6. The first-order chi connectivity index (χ1) is 12.1. The predicted octanol–water partition coefficient (Wildman–Crippen LogP) is 4.80. The Morgan fingerprint density at radius 2 is 1.96 bits per heavy atom. The van der Waals surface area contributed by atoms with Gasteiger partial charge in [0.25, 0.3) is 0 Å². The van der Waals surface area contributed by atoms with E-state index in [9.17, 15) is 4.79 Å². The van der Waals surface area contributed by atoms with Gasteiger partial charge >= 0.3 is 0 Å². The van der Waals surface area contributed by atoms with Crippen molar-refractivity contribution in [3.8, 4) is 0 Å². The highest BCUT2D eigenvalue weighted by Gasteiger charge is 2.18. The van der Waals surface area contributed by atoms with Crippen LogP contribution in [0.15, 0.2) is 60.0 Å². The van der Waals surface area contributed by atoms with E-state index in [1.54, 1.807) is 22.7 Å². The number of benzene rings is 1. The zero-order valence-electron chi connectivity index (χ0n) is 13.8. The van der Waals surface area contributed by atoms with E-state index < -0.39 is 0 Å². The predicted molar refractivity (Wildman–Crippen MR) is 106 cm³/mol. The van der Waals surface area contributed by atoms with Gasteiger partial charge in [-0.25, -0.2) is 0 Å². The lowest BCUT2D eigenvalue weighted by Gasteiger charge is -2.21. The van der Waals surface area contributed by atoms with Crippen molar-refractivity contribution in [1.29, 1.82) is 0 Å². The Morgan fingerprint density at radius 3 is 2.60 bits per heavy atom. The lowest BCUT2D eigenvalue weighted by atomic mass is 10.1. The first-order valence-electron chi connectivity index (χ1n) is 7.92. The minimum absolute atomic E-state index is 0.00686. The average molecular weight is 391 g/mol.